The van der Waals surface area contributed by atoms with Crippen LogP contribution in [0.2, 0.25) is 0 Å². The lowest BCUT2D eigenvalue weighted by atomic mass is 10.2. The molecule has 0 heterocycles. The van der Waals surface area contributed by atoms with Crippen molar-refractivity contribution >= 4 is 21.6 Å². The van der Waals surface area contributed by atoms with E-state index in [0.717, 1.165) is 5.56 Å². The van der Waals surface area contributed by atoms with E-state index in [1.54, 1.807) is 0 Å². The molecule has 0 saturated heterocycles. The first-order valence-electron chi connectivity index (χ1n) is 5.08. The van der Waals surface area contributed by atoms with Crippen molar-refractivity contribution in [1.82, 2.24) is 0 Å². The largest absolute Gasteiger partial charge is 0.487 e. The molecular weight excluding hydrogens is 285 g/mol. The van der Waals surface area contributed by atoms with Crippen LogP contribution in [0.4, 0.5) is 10.1 Å². The predicted molar refractivity (Wildman–Crippen MR) is 69.3 cm³/mol. The fourth-order valence-corrected chi connectivity index (χ4v) is 1.73. The summed E-state index contributed by atoms with van der Waals surface area (Å²) in [4.78, 5) is 0. The molecule has 2 rings (SSSR count). The Hall–Kier alpha value is -1.55. The molecule has 0 aliphatic carbocycles. The molecular formula is C13H11BrFNO. The molecule has 0 amide bonds. The molecule has 0 fully saturated rings. The summed E-state index contributed by atoms with van der Waals surface area (Å²) in [5.41, 5.74) is 7.00. The zero-order valence-electron chi connectivity index (χ0n) is 8.99. The molecule has 0 aromatic heterocycles. The number of hydrogen-bond acceptors (Lipinski definition) is 2. The molecule has 0 aliphatic heterocycles. The Kier molecular flexibility index (Phi) is 3.64. The lowest BCUT2D eigenvalue weighted by molar-refractivity contribution is 0.307. The van der Waals surface area contributed by atoms with Gasteiger partial charge in [0.25, 0.3) is 0 Å². The van der Waals surface area contributed by atoms with E-state index in [1.807, 2.05) is 30.3 Å². The van der Waals surface area contributed by atoms with Gasteiger partial charge in [-0.15, -0.1) is 0 Å². The van der Waals surface area contributed by atoms with Gasteiger partial charge < -0.3 is 10.5 Å². The number of halogens is 2. The number of hydrogen-bond donors (Lipinski definition) is 1. The normalized spacial score (nSPS) is 10.2. The zero-order chi connectivity index (χ0) is 12.3. The van der Waals surface area contributed by atoms with E-state index in [2.05, 4.69) is 15.9 Å². The lowest BCUT2D eigenvalue weighted by Crippen LogP contribution is -1.99. The van der Waals surface area contributed by atoms with E-state index in [0.29, 0.717) is 22.5 Å². The fraction of sp³-hybridized carbons (Fsp3) is 0.0769. The highest BCUT2D eigenvalue weighted by atomic mass is 79.9. The van der Waals surface area contributed by atoms with E-state index in [-0.39, 0.29) is 0 Å². The van der Waals surface area contributed by atoms with Crippen LogP contribution in [-0.2, 0) is 6.61 Å². The summed E-state index contributed by atoms with van der Waals surface area (Å²) in [7, 11) is 0. The van der Waals surface area contributed by atoms with Gasteiger partial charge in [-0.05, 0) is 27.6 Å². The SMILES string of the molecule is Nc1cc(F)c(Br)cc1OCc1ccccc1. The van der Waals surface area contributed by atoms with Gasteiger partial charge in [0.05, 0.1) is 10.2 Å². The highest BCUT2D eigenvalue weighted by Gasteiger charge is 2.07. The van der Waals surface area contributed by atoms with Gasteiger partial charge >= 0.3 is 0 Å². The average molecular weight is 296 g/mol. The molecule has 0 atom stereocenters. The van der Waals surface area contributed by atoms with Crippen molar-refractivity contribution in [2.45, 2.75) is 6.61 Å². The van der Waals surface area contributed by atoms with Crippen LogP contribution in [0, 0.1) is 5.82 Å². The maximum absolute atomic E-state index is 13.1. The van der Waals surface area contributed by atoms with E-state index in [9.17, 15) is 4.39 Å². The number of ether oxygens (including phenoxy) is 1. The van der Waals surface area contributed by atoms with E-state index >= 15 is 0 Å². The molecule has 17 heavy (non-hydrogen) atoms. The minimum Gasteiger partial charge on any atom is -0.487 e. The summed E-state index contributed by atoms with van der Waals surface area (Å²) in [6.07, 6.45) is 0. The highest BCUT2D eigenvalue weighted by molar-refractivity contribution is 9.10. The van der Waals surface area contributed by atoms with Crippen molar-refractivity contribution in [2.24, 2.45) is 0 Å². The second kappa shape index (κ2) is 5.19. The molecule has 2 aromatic carbocycles. The zero-order valence-corrected chi connectivity index (χ0v) is 10.6. The molecule has 2 aromatic rings. The van der Waals surface area contributed by atoms with E-state index in [1.165, 1.54) is 12.1 Å². The fourth-order valence-electron chi connectivity index (χ4n) is 1.40. The molecule has 0 bridgehead atoms. The standard InChI is InChI=1S/C13H11BrFNO/c14-10-6-13(12(16)7-11(10)15)17-8-9-4-2-1-3-5-9/h1-7H,8,16H2. The second-order valence-electron chi connectivity index (χ2n) is 3.58. The Bertz CT molecular complexity index is 516. The monoisotopic (exact) mass is 295 g/mol. The maximum Gasteiger partial charge on any atom is 0.144 e. The van der Waals surface area contributed by atoms with E-state index < -0.39 is 5.82 Å². The summed E-state index contributed by atoms with van der Waals surface area (Å²) in [5.74, 6) is 0.0803. The van der Waals surface area contributed by atoms with Crippen molar-refractivity contribution in [1.29, 1.82) is 0 Å². The molecule has 88 valence electrons. The van der Waals surface area contributed by atoms with Crippen LogP contribution in [0.15, 0.2) is 46.9 Å². The van der Waals surface area contributed by atoms with Gasteiger partial charge in [0.2, 0.25) is 0 Å². The third kappa shape index (κ3) is 2.97. The molecule has 0 aliphatic rings. The maximum atomic E-state index is 13.1. The second-order valence-corrected chi connectivity index (χ2v) is 4.43. The molecule has 0 spiro atoms. The minimum atomic E-state index is -0.394. The van der Waals surface area contributed by atoms with Crippen molar-refractivity contribution in [3.63, 3.8) is 0 Å². The highest BCUT2D eigenvalue weighted by Crippen LogP contribution is 2.29. The Balaban J connectivity index is 2.12. The van der Waals surface area contributed by atoms with E-state index in [4.69, 9.17) is 10.5 Å². The molecule has 0 radical (unpaired) electrons. The molecule has 0 unspecified atom stereocenters. The summed E-state index contributed by atoms with van der Waals surface area (Å²) in [6.45, 7) is 0.406. The van der Waals surface area contributed by atoms with Crippen LogP contribution in [0.1, 0.15) is 5.56 Å². The van der Waals surface area contributed by atoms with Crippen molar-refractivity contribution in [3.8, 4) is 5.75 Å². The Morgan fingerprint density at radius 3 is 2.59 bits per heavy atom. The van der Waals surface area contributed by atoms with Crippen LogP contribution < -0.4 is 10.5 Å². The minimum absolute atomic E-state index is 0.293. The number of anilines is 1. The number of benzene rings is 2. The van der Waals surface area contributed by atoms with Gasteiger partial charge in [0.15, 0.2) is 0 Å². The van der Waals surface area contributed by atoms with Crippen molar-refractivity contribution < 1.29 is 9.13 Å². The average Bonchev–Trinajstić information content (AvgIpc) is 2.33. The van der Waals surface area contributed by atoms with Gasteiger partial charge in [0, 0.05) is 6.07 Å². The van der Waals surface area contributed by atoms with Gasteiger partial charge in [-0.2, -0.15) is 0 Å². The molecule has 2 nitrogen and oxygen atoms in total. The first-order valence-corrected chi connectivity index (χ1v) is 5.87. The summed E-state index contributed by atoms with van der Waals surface area (Å²) in [6, 6.07) is 12.5. The Labute approximate surface area is 107 Å². The lowest BCUT2D eigenvalue weighted by Gasteiger charge is -2.09. The van der Waals surface area contributed by atoms with Crippen LogP contribution >= 0.6 is 15.9 Å². The van der Waals surface area contributed by atoms with Gasteiger partial charge in [-0.25, -0.2) is 4.39 Å². The first kappa shape index (κ1) is 11.9. The van der Waals surface area contributed by atoms with Crippen molar-refractivity contribution in [3.05, 3.63) is 58.3 Å². The van der Waals surface area contributed by atoms with Crippen molar-refractivity contribution in [2.75, 3.05) is 5.73 Å². The Morgan fingerprint density at radius 2 is 1.88 bits per heavy atom. The van der Waals surface area contributed by atoms with Crippen LogP contribution in [-0.4, -0.2) is 0 Å². The predicted octanol–water partition coefficient (Wildman–Crippen LogP) is 3.75. The Morgan fingerprint density at radius 1 is 1.18 bits per heavy atom. The topological polar surface area (TPSA) is 35.2 Å². The third-order valence-electron chi connectivity index (χ3n) is 2.29. The molecule has 2 N–H and O–H groups in total. The quantitative estimate of drug-likeness (QED) is 0.875. The molecule has 0 saturated carbocycles. The molecule has 4 heteroatoms. The number of rotatable bonds is 3. The van der Waals surface area contributed by atoms with Crippen LogP contribution in [0.3, 0.4) is 0 Å². The summed E-state index contributed by atoms with van der Waals surface area (Å²) in [5, 5.41) is 0. The van der Waals surface area contributed by atoms with Gasteiger partial charge in [-0.1, -0.05) is 30.3 Å². The summed E-state index contributed by atoms with van der Waals surface area (Å²) >= 11 is 3.10. The van der Waals surface area contributed by atoms with Gasteiger partial charge in [0.1, 0.15) is 18.2 Å². The van der Waals surface area contributed by atoms with Gasteiger partial charge in [-0.3, -0.25) is 0 Å². The van der Waals surface area contributed by atoms with Crippen LogP contribution in [0.5, 0.6) is 5.75 Å². The first-order chi connectivity index (χ1) is 8.16. The summed E-state index contributed by atoms with van der Waals surface area (Å²) < 4.78 is 19.0. The number of nitrogens with two attached hydrogens (primary N) is 1. The number of nitrogen functional groups attached to an aromatic ring is 1. The van der Waals surface area contributed by atoms with Crippen LogP contribution in [0.25, 0.3) is 0 Å². The smallest absolute Gasteiger partial charge is 0.144 e. The third-order valence-corrected chi connectivity index (χ3v) is 2.90.